The summed E-state index contributed by atoms with van der Waals surface area (Å²) in [4.78, 5) is 0.857. The third-order valence-electron chi connectivity index (χ3n) is 13.2. The molecule has 0 radical (unpaired) electrons. The molecule has 2 aliphatic heterocycles. The Labute approximate surface area is 319 Å². The monoisotopic (exact) mass is 724 g/mol. The van der Waals surface area contributed by atoms with Crippen molar-refractivity contribution in [2.75, 3.05) is 14.2 Å². The molecule has 274 valence electrons. The van der Waals surface area contributed by atoms with E-state index in [4.69, 9.17) is 18.9 Å². The van der Waals surface area contributed by atoms with Crippen LogP contribution in [0.3, 0.4) is 0 Å². The fourth-order valence-corrected chi connectivity index (χ4v) is 11.4. The molecule has 0 amide bonds. The third kappa shape index (κ3) is 5.05. The Bertz CT molecular complexity index is 2200. The lowest BCUT2D eigenvalue weighted by atomic mass is 9.60. The minimum absolute atomic E-state index is 0.0475. The van der Waals surface area contributed by atoms with Crippen LogP contribution in [0, 0.1) is 17.3 Å². The van der Waals surface area contributed by atoms with E-state index in [-0.39, 0.29) is 16.5 Å². The van der Waals surface area contributed by atoms with Gasteiger partial charge in [0, 0.05) is 40.9 Å². The van der Waals surface area contributed by atoms with Gasteiger partial charge in [0.2, 0.25) is 0 Å². The smallest absolute Gasteiger partial charge is 0.177 e. The number of hydrogen-bond donors (Lipinski definition) is 0. The van der Waals surface area contributed by atoms with Crippen LogP contribution in [0.4, 0.5) is 0 Å². The number of ether oxygens (including phenoxy) is 4. The van der Waals surface area contributed by atoms with Crippen molar-refractivity contribution in [3.8, 4) is 28.4 Å². The van der Waals surface area contributed by atoms with E-state index >= 15 is 0 Å². The van der Waals surface area contributed by atoms with Crippen LogP contribution in [-0.2, 0) is 15.8 Å². The highest BCUT2D eigenvalue weighted by Gasteiger charge is 2.52. The first-order valence-corrected chi connectivity index (χ1v) is 20.4. The summed E-state index contributed by atoms with van der Waals surface area (Å²) in [5.41, 5.74) is 8.43. The maximum absolute atomic E-state index is 7.77. The fourth-order valence-electron chi connectivity index (χ4n) is 10.1. The van der Waals surface area contributed by atoms with Gasteiger partial charge < -0.3 is 18.9 Å². The SMILES string of the molecule is COc1ccc(C2(C3=CCC(OC)C=C3)C=Cc3c4c(c5cc6c(cc5c3O2)SC(C(C)C)(C(C)C)O6)-c2ccccc2C42CCC(C)(C)CC2)cc1. The van der Waals surface area contributed by atoms with Crippen LogP contribution >= 0.6 is 11.8 Å². The highest BCUT2D eigenvalue weighted by molar-refractivity contribution is 8.01. The quantitative estimate of drug-likeness (QED) is 0.198. The first-order chi connectivity index (χ1) is 25.4. The van der Waals surface area contributed by atoms with Gasteiger partial charge in [0.1, 0.15) is 17.2 Å². The summed E-state index contributed by atoms with van der Waals surface area (Å²) in [6.45, 7) is 14.0. The Balaban J connectivity index is 1.34. The topological polar surface area (TPSA) is 36.9 Å². The van der Waals surface area contributed by atoms with Crippen molar-refractivity contribution in [2.24, 2.45) is 17.3 Å². The standard InChI is InChI=1S/C48H52O4S/c1-29(2)48(30(3)4)51-40-27-37-38(28-41(40)53-48)44-36(43-42(37)35-11-9-10-12-39(35)46(43)25-23-45(5,6)24-26-46)21-22-47(52-44,31-13-17-33(49-7)18-14-31)32-15-19-34(50-8)20-16-32/h9-19,21-22,27-30,34H,20,23-26H2,1-8H3. The Morgan fingerprint density at radius 3 is 2.23 bits per heavy atom. The lowest BCUT2D eigenvalue weighted by Crippen LogP contribution is -2.40. The number of fused-ring (bicyclic) bond motifs is 11. The van der Waals surface area contributed by atoms with Gasteiger partial charge in [0.15, 0.2) is 10.5 Å². The number of rotatable bonds is 6. The van der Waals surface area contributed by atoms with Gasteiger partial charge in [-0.2, -0.15) is 0 Å². The summed E-state index contributed by atoms with van der Waals surface area (Å²) in [7, 11) is 3.50. The molecule has 3 aliphatic carbocycles. The highest BCUT2D eigenvalue weighted by Crippen LogP contribution is 2.65. The fraction of sp³-hybridized carbons (Fsp3) is 0.417. The molecule has 1 saturated carbocycles. The zero-order chi connectivity index (χ0) is 36.9. The van der Waals surface area contributed by atoms with Gasteiger partial charge in [0.25, 0.3) is 0 Å². The van der Waals surface area contributed by atoms with Gasteiger partial charge in [-0.25, -0.2) is 0 Å². The van der Waals surface area contributed by atoms with Gasteiger partial charge in [-0.05, 0) is 101 Å². The van der Waals surface area contributed by atoms with Crippen LogP contribution in [0.2, 0.25) is 0 Å². The third-order valence-corrected chi connectivity index (χ3v) is 15.1. The van der Waals surface area contributed by atoms with E-state index in [0.29, 0.717) is 17.3 Å². The minimum Gasteiger partial charge on any atom is -0.497 e. The maximum Gasteiger partial charge on any atom is 0.177 e. The van der Waals surface area contributed by atoms with Crippen molar-refractivity contribution >= 4 is 28.6 Å². The first kappa shape index (κ1) is 34.8. The van der Waals surface area contributed by atoms with Crippen LogP contribution in [0.5, 0.6) is 17.2 Å². The second-order valence-electron chi connectivity index (χ2n) is 17.3. The molecule has 5 aliphatic rings. The first-order valence-electron chi connectivity index (χ1n) is 19.6. The molecule has 0 aromatic heterocycles. The van der Waals surface area contributed by atoms with Gasteiger partial charge in [0.05, 0.1) is 18.1 Å². The van der Waals surface area contributed by atoms with Crippen molar-refractivity contribution in [2.45, 2.75) is 101 Å². The molecule has 53 heavy (non-hydrogen) atoms. The molecule has 0 bridgehead atoms. The van der Waals surface area contributed by atoms with E-state index in [1.165, 1.54) is 50.9 Å². The van der Waals surface area contributed by atoms with Crippen molar-refractivity contribution in [1.29, 1.82) is 0 Å². The molecule has 0 N–H and O–H groups in total. The lowest BCUT2D eigenvalue weighted by Gasteiger charge is -2.45. The number of methoxy groups -OCH3 is 2. The van der Waals surface area contributed by atoms with E-state index < -0.39 is 5.60 Å². The molecule has 2 heterocycles. The zero-order valence-electron chi connectivity index (χ0n) is 32.5. The molecule has 1 spiro atoms. The normalized spacial score (nSPS) is 24.0. The molecule has 2 unspecified atom stereocenters. The Hall–Kier alpha value is -3.93. The average Bonchev–Trinajstić information content (AvgIpc) is 3.70. The molecule has 2 atom stereocenters. The summed E-state index contributed by atoms with van der Waals surface area (Å²) in [5.74, 6) is 3.45. The number of hydrogen-bond acceptors (Lipinski definition) is 5. The van der Waals surface area contributed by atoms with E-state index in [2.05, 4.69) is 120 Å². The molecule has 4 aromatic carbocycles. The van der Waals surface area contributed by atoms with E-state index in [0.717, 1.165) is 53.0 Å². The molecule has 5 heteroatoms. The molecule has 9 rings (SSSR count). The van der Waals surface area contributed by atoms with Gasteiger partial charge in [-0.15, -0.1) is 0 Å². The number of benzene rings is 4. The maximum atomic E-state index is 7.77. The van der Waals surface area contributed by atoms with Crippen LogP contribution in [-0.4, -0.2) is 25.3 Å². The van der Waals surface area contributed by atoms with Crippen LogP contribution in [0.25, 0.3) is 28.0 Å². The predicted molar refractivity (Wildman–Crippen MR) is 218 cm³/mol. The molecule has 1 fully saturated rings. The summed E-state index contributed by atoms with van der Waals surface area (Å²) in [5, 5.41) is 2.37. The van der Waals surface area contributed by atoms with E-state index in [1.807, 2.05) is 23.9 Å². The minimum atomic E-state index is -0.842. The highest BCUT2D eigenvalue weighted by atomic mass is 32.2. The van der Waals surface area contributed by atoms with Crippen molar-refractivity contribution in [3.05, 3.63) is 113 Å². The molecular formula is C48H52O4S. The Morgan fingerprint density at radius 1 is 0.830 bits per heavy atom. The van der Waals surface area contributed by atoms with Crippen molar-refractivity contribution in [1.82, 2.24) is 0 Å². The Kier molecular flexibility index (Phi) is 8.08. The second-order valence-corrected chi connectivity index (χ2v) is 18.6. The predicted octanol–water partition coefficient (Wildman–Crippen LogP) is 12.4. The van der Waals surface area contributed by atoms with Crippen LogP contribution in [0.15, 0.2) is 95.4 Å². The van der Waals surface area contributed by atoms with Gasteiger partial charge in [-0.1, -0.05) is 114 Å². The van der Waals surface area contributed by atoms with E-state index in [9.17, 15) is 0 Å². The summed E-state index contributed by atoms with van der Waals surface area (Å²) < 4.78 is 26.2. The summed E-state index contributed by atoms with van der Waals surface area (Å²) in [6.07, 6.45) is 16.8. The number of thioether (sulfide) groups is 1. The lowest BCUT2D eigenvalue weighted by molar-refractivity contribution is 0.0757. The van der Waals surface area contributed by atoms with Crippen molar-refractivity contribution in [3.63, 3.8) is 0 Å². The largest absolute Gasteiger partial charge is 0.497 e. The van der Waals surface area contributed by atoms with Gasteiger partial charge in [-0.3, -0.25) is 0 Å². The molecule has 0 saturated heterocycles. The molecule has 4 nitrogen and oxygen atoms in total. The van der Waals surface area contributed by atoms with Crippen LogP contribution in [0.1, 0.15) is 95.9 Å². The second kappa shape index (κ2) is 12.3. The molecule has 4 aromatic rings. The summed E-state index contributed by atoms with van der Waals surface area (Å²) >= 11 is 1.89. The molecular weight excluding hydrogens is 673 g/mol. The zero-order valence-corrected chi connectivity index (χ0v) is 33.3. The average molecular weight is 725 g/mol. The summed E-state index contributed by atoms with van der Waals surface area (Å²) in [6, 6.07) is 22.4. The Morgan fingerprint density at radius 2 is 1.57 bits per heavy atom. The van der Waals surface area contributed by atoms with Crippen molar-refractivity contribution < 1.29 is 18.9 Å². The van der Waals surface area contributed by atoms with Crippen LogP contribution < -0.4 is 14.2 Å². The van der Waals surface area contributed by atoms with E-state index in [1.54, 1.807) is 14.2 Å². The van der Waals surface area contributed by atoms with Gasteiger partial charge >= 0.3 is 0 Å².